The molecule has 4 heteroatoms. The Morgan fingerprint density at radius 1 is 1.04 bits per heavy atom. The minimum Gasteiger partial charge on any atom is -0.481 e. The topological polar surface area (TPSA) is 37.3 Å². The highest BCUT2D eigenvalue weighted by Crippen LogP contribution is 2.37. The summed E-state index contributed by atoms with van der Waals surface area (Å²) < 4.78 is 0. The highest BCUT2D eigenvalue weighted by atomic mass is 32.2. The van der Waals surface area contributed by atoms with Crippen LogP contribution in [0.25, 0.3) is 0 Å². The molecule has 2 unspecified atom stereocenters. The Balaban J connectivity index is 1.56. The van der Waals surface area contributed by atoms with E-state index in [9.17, 15) is 4.79 Å². The smallest absolute Gasteiger partial charge is 0.303 e. The summed E-state index contributed by atoms with van der Waals surface area (Å²) in [5.41, 5.74) is 0. The molecular formula is C19H28O2S2. The average Bonchev–Trinajstić information content (AvgIpc) is 2.99. The van der Waals surface area contributed by atoms with Gasteiger partial charge in [0.15, 0.2) is 0 Å². The maximum absolute atomic E-state index is 10.5. The lowest BCUT2D eigenvalue weighted by molar-refractivity contribution is -0.137. The summed E-state index contributed by atoms with van der Waals surface area (Å²) in [6.07, 6.45) is 7.37. The van der Waals surface area contributed by atoms with Crippen LogP contribution in [0.1, 0.15) is 44.9 Å². The Morgan fingerprint density at radius 2 is 1.74 bits per heavy atom. The largest absolute Gasteiger partial charge is 0.481 e. The Morgan fingerprint density at radius 3 is 2.48 bits per heavy atom. The molecule has 0 bridgehead atoms. The van der Waals surface area contributed by atoms with E-state index in [-0.39, 0.29) is 0 Å². The van der Waals surface area contributed by atoms with Crippen LogP contribution in [0.5, 0.6) is 0 Å². The van der Waals surface area contributed by atoms with Crippen molar-refractivity contribution in [2.45, 2.75) is 49.8 Å². The zero-order chi connectivity index (χ0) is 16.3. The summed E-state index contributed by atoms with van der Waals surface area (Å²) in [6, 6.07) is 10.7. The Bertz CT molecular complexity index is 450. The van der Waals surface area contributed by atoms with Crippen LogP contribution in [0.4, 0.5) is 0 Å². The van der Waals surface area contributed by atoms with Crippen molar-refractivity contribution in [2.24, 2.45) is 11.8 Å². The Labute approximate surface area is 148 Å². The van der Waals surface area contributed by atoms with E-state index < -0.39 is 5.97 Å². The van der Waals surface area contributed by atoms with Crippen molar-refractivity contribution in [3.05, 3.63) is 30.3 Å². The van der Waals surface area contributed by atoms with Gasteiger partial charge >= 0.3 is 5.97 Å². The zero-order valence-electron chi connectivity index (χ0n) is 13.8. The molecule has 1 aromatic carbocycles. The van der Waals surface area contributed by atoms with Crippen LogP contribution >= 0.6 is 23.5 Å². The van der Waals surface area contributed by atoms with E-state index >= 15 is 0 Å². The molecule has 2 nitrogen and oxygen atoms in total. The highest BCUT2D eigenvalue weighted by Gasteiger charge is 2.26. The first-order valence-electron chi connectivity index (χ1n) is 8.73. The highest BCUT2D eigenvalue weighted by molar-refractivity contribution is 7.99. The molecule has 2 atom stereocenters. The standard InChI is InChI=1S/C19H28O2S2/c20-19(21)11-7-2-1-4-8-16-14-22-15-17(16)12-13-23-18-9-5-3-6-10-18/h3,5-6,9-10,16-17H,1-2,4,7-8,11-15H2,(H,20,21). The van der Waals surface area contributed by atoms with Crippen LogP contribution in [0.3, 0.4) is 0 Å². The second-order valence-corrected chi connectivity index (χ2v) is 8.60. The third-order valence-electron chi connectivity index (χ3n) is 4.55. The summed E-state index contributed by atoms with van der Waals surface area (Å²) in [6.45, 7) is 0. The monoisotopic (exact) mass is 352 g/mol. The molecule has 0 saturated carbocycles. The maximum atomic E-state index is 10.5. The van der Waals surface area contributed by atoms with Gasteiger partial charge < -0.3 is 5.11 Å². The number of hydrogen-bond donors (Lipinski definition) is 1. The number of rotatable bonds is 11. The van der Waals surface area contributed by atoms with E-state index in [1.807, 2.05) is 11.8 Å². The van der Waals surface area contributed by atoms with Gasteiger partial charge in [0.05, 0.1) is 0 Å². The van der Waals surface area contributed by atoms with Crippen molar-refractivity contribution in [2.75, 3.05) is 17.3 Å². The van der Waals surface area contributed by atoms with E-state index in [0.717, 1.165) is 24.7 Å². The van der Waals surface area contributed by atoms with Gasteiger partial charge in [0.25, 0.3) is 0 Å². The Kier molecular flexibility index (Phi) is 8.98. The molecule has 1 N–H and O–H groups in total. The van der Waals surface area contributed by atoms with Gasteiger partial charge in [0, 0.05) is 11.3 Å². The zero-order valence-corrected chi connectivity index (χ0v) is 15.4. The predicted octanol–water partition coefficient (Wildman–Crippen LogP) is 5.57. The first kappa shape index (κ1) is 18.7. The first-order chi connectivity index (χ1) is 11.3. The quantitative estimate of drug-likeness (QED) is 0.417. The van der Waals surface area contributed by atoms with E-state index in [0.29, 0.717) is 6.42 Å². The predicted molar refractivity (Wildman–Crippen MR) is 101 cm³/mol. The average molecular weight is 353 g/mol. The van der Waals surface area contributed by atoms with E-state index in [1.54, 1.807) is 0 Å². The van der Waals surface area contributed by atoms with E-state index in [2.05, 4.69) is 42.1 Å². The van der Waals surface area contributed by atoms with Crippen LogP contribution in [-0.4, -0.2) is 28.3 Å². The fourth-order valence-corrected chi connectivity index (χ4v) is 5.79. The van der Waals surface area contributed by atoms with Crippen molar-refractivity contribution >= 4 is 29.5 Å². The molecule has 0 aromatic heterocycles. The van der Waals surface area contributed by atoms with Crippen LogP contribution in [0.2, 0.25) is 0 Å². The summed E-state index contributed by atoms with van der Waals surface area (Å²) in [5.74, 6) is 5.00. The molecular weight excluding hydrogens is 324 g/mol. The van der Waals surface area contributed by atoms with Crippen molar-refractivity contribution in [3.8, 4) is 0 Å². The number of benzene rings is 1. The third-order valence-corrected chi connectivity index (χ3v) is 6.92. The normalized spacial score (nSPS) is 20.7. The second kappa shape index (κ2) is 11.0. The van der Waals surface area contributed by atoms with Gasteiger partial charge in [-0.1, -0.05) is 37.5 Å². The lowest BCUT2D eigenvalue weighted by Crippen LogP contribution is -2.13. The van der Waals surface area contributed by atoms with Gasteiger partial charge in [0.1, 0.15) is 0 Å². The number of carboxylic acids is 1. The molecule has 1 saturated heterocycles. The van der Waals surface area contributed by atoms with Crippen molar-refractivity contribution in [3.63, 3.8) is 0 Å². The van der Waals surface area contributed by atoms with Crippen molar-refractivity contribution in [1.82, 2.24) is 0 Å². The van der Waals surface area contributed by atoms with Gasteiger partial charge in [-0.3, -0.25) is 4.79 Å². The van der Waals surface area contributed by atoms with Gasteiger partial charge in [-0.15, -0.1) is 11.8 Å². The maximum Gasteiger partial charge on any atom is 0.303 e. The fraction of sp³-hybridized carbons (Fsp3) is 0.632. The molecule has 1 aromatic rings. The van der Waals surface area contributed by atoms with Crippen molar-refractivity contribution < 1.29 is 9.90 Å². The summed E-state index contributed by atoms with van der Waals surface area (Å²) >= 11 is 4.10. The number of unbranched alkanes of at least 4 members (excludes halogenated alkanes) is 3. The first-order valence-corrected chi connectivity index (χ1v) is 10.9. The SMILES string of the molecule is O=C(O)CCCCCCC1CSCC1CCSc1ccccc1. The lowest BCUT2D eigenvalue weighted by atomic mass is 9.89. The molecule has 1 aliphatic rings. The summed E-state index contributed by atoms with van der Waals surface area (Å²) in [7, 11) is 0. The minimum absolute atomic E-state index is 0.332. The fourth-order valence-electron chi connectivity index (χ4n) is 3.16. The third kappa shape index (κ3) is 7.67. The molecule has 23 heavy (non-hydrogen) atoms. The lowest BCUT2D eigenvalue weighted by Gasteiger charge is -2.18. The molecule has 128 valence electrons. The minimum atomic E-state index is -0.659. The molecule has 2 rings (SSSR count). The van der Waals surface area contributed by atoms with Crippen LogP contribution in [0, 0.1) is 11.8 Å². The van der Waals surface area contributed by atoms with Gasteiger partial charge in [-0.2, -0.15) is 11.8 Å². The Hall–Kier alpha value is -0.610. The molecule has 1 heterocycles. The molecule has 1 fully saturated rings. The van der Waals surface area contributed by atoms with Crippen LogP contribution in [0.15, 0.2) is 35.2 Å². The summed E-state index contributed by atoms with van der Waals surface area (Å²) in [5, 5.41) is 8.64. The van der Waals surface area contributed by atoms with Crippen LogP contribution in [-0.2, 0) is 4.79 Å². The molecule has 0 spiro atoms. The number of aliphatic carboxylic acids is 1. The van der Waals surface area contributed by atoms with Gasteiger partial charge in [-0.25, -0.2) is 0 Å². The van der Waals surface area contributed by atoms with Gasteiger partial charge in [0.2, 0.25) is 0 Å². The summed E-state index contributed by atoms with van der Waals surface area (Å²) in [4.78, 5) is 11.9. The number of carbonyl (C=O) groups is 1. The van der Waals surface area contributed by atoms with E-state index in [1.165, 1.54) is 47.8 Å². The molecule has 1 aliphatic heterocycles. The number of carboxylic acid groups (broad SMARTS) is 1. The van der Waals surface area contributed by atoms with Crippen LogP contribution < -0.4 is 0 Å². The molecule has 0 radical (unpaired) electrons. The number of thioether (sulfide) groups is 2. The second-order valence-electron chi connectivity index (χ2n) is 6.35. The van der Waals surface area contributed by atoms with Gasteiger partial charge in [-0.05, 0) is 60.5 Å². The van der Waals surface area contributed by atoms with E-state index in [4.69, 9.17) is 5.11 Å². The number of hydrogen-bond acceptors (Lipinski definition) is 3. The molecule has 0 amide bonds. The molecule has 0 aliphatic carbocycles. The van der Waals surface area contributed by atoms with Crippen molar-refractivity contribution in [1.29, 1.82) is 0 Å².